The zero-order chi connectivity index (χ0) is 15.0. The molecule has 116 valence electrons. The Labute approximate surface area is 128 Å². The van der Waals surface area contributed by atoms with E-state index in [1.807, 2.05) is 0 Å². The van der Waals surface area contributed by atoms with Gasteiger partial charge in [-0.15, -0.1) is 0 Å². The Kier molecular flexibility index (Phi) is 4.31. The zero-order valence-corrected chi connectivity index (χ0v) is 13.5. The minimum absolute atomic E-state index is 0.364. The van der Waals surface area contributed by atoms with Gasteiger partial charge < -0.3 is 10.6 Å². The Balaban J connectivity index is 1.95. The number of nitrogens with zero attached hydrogens (tertiary/aromatic N) is 3. The third kappa shape index (κ3) is 2.73. The van der Waals surface area contributed by atoms with Gasteiger partial charge in [-0.05, 0) is 37.7 Å². The van der Waals surface area contributed by atoms with Crippen LogP contribution in [-0.2, 0) is 0 Å². The summed E-state index contributed by atoms with van der Waals surface area (Å²) in [5.41, 5.74) is 10.4. The highest BCUT2D eigenvalue weighted by atomic mass is 15.3. The molecule has 0 radical (unpaired) electrons. The molecule has 1 aromatic carbocycles. The summed E-state index contributed by atoms with van der Waals surface area (Å²) in [7, 11) is 4.43. The van der Waals surface area contributed by atoms with Crippen LogP contribution in [-0.4, -0.2) is 68.1 Å². The smallest absolute Gasteiger partial charge is 0.0482 e. The number of likely N-dealkylation sites (N-methyl/N-ethyl adjacent to an activating group) is 2. The SMILES string of the molecule is Cc1cccc2c1C(N1CCN(C)CC1)CN(C)C2CN. The lowest BCUT2D eigenvalue weighted by Gasteiger charge is -2.46. The van der Waals surface area contributed by atoms with Crippen molar-refractivity contribution in [1.29, 1.82) is 0 Å². The first-order valence-electron chi connectivity index (χ1n) is 8.04. The third-order valence-corrected chi connectivity index (χ3v) is 5.24. The van der Waals surface area contributed by atoms with Crippen LogP contribution in [0.3, 0.4) is 0 Å². The van der Waals surface area contributed by atoms with E-state index in [1.54, 1.807) is 0 Å². The zero-order valence-electron chi connectivity index (χ0n) is 13.5. The van der Waals surface area contributed by atoms with Crippen molar-refractivity contribution in [2.24, 2.45) is 5.73 Å². The fraction of sp³-hybridized carbons (Fsp3) is 0.647. The molecule has 3 rings (SSSR count). The van der Waals surface area contributed by atoms with Gasteiger partial charge in [0.05, 0.1) is 0 Å². The van der Waals surface area contributed by atoms with Gasteiger partial charge >= 0.3 is 0 Å². The molecule has 2 aliphatic heterocycles. The normalized spacial score (nSPS) is 28.6. The summed E-state index contributed by atoms with van der Waals surface area (Å²) in [4.78, 5) is 7.52. The van der Waals surface area contributed by atoms with Crippen molar-refractivity contribution in [3.05, 3.63) is 34.9 Å². The summed E-state index contributed by atoms with van der Waals surface area (Å²) in [5, 5.41) is 0. The molecule has 0 bridgehead atoms. The second-order valence-electron chi connectivity index (χ2n) is 6.62. The van der Waals surface area contributed by atoms with E-state index < -0.39 is 0 Å². The number of rotatable bonds is 2. The maximum absolute atomic E-state index is 6.04. The van der Waals surface area contributed by atoms with Crippen LogP contribution in [0.1, 0.15) is 28.8 Å². The summed E-state index contributed by atoms with van der Waals surface area (Å²) in [6.07, 6.45) is 0. The van der Waals surface area contributed by atoms with E-state index in [2.05, 4.69) is 53.9 Å². The first kappa shape index (κ1) is 15.0. The van der Waals surface area contributed by atoms with E-state index in [0.29, 0.717) is 18.6 Å². The molecule has 1 aromatic rings. The Bertz CT molecular complexity index is 494. The Hall–Kier alpha value is -0.940. The monoisotopic (exact) mass is 288 g/mol. The van der Waals surface area contributed by atoms with Crippen molar-refractivity contribution in [2.75, 3.05) is 53.4 Å². The fourth-order valence-electron chi connectivity index (χ4n) is 3.92. The lowest BCUT2D eigenvalue weighted by atomic mass is 9.85. The van der Waals surface area contributed by atoms with Gasteiger partial charge in [0.2, 0.25) is 0 Å². The van der Waals surface area contributed by atoms with Crippen molar-refractivity contribution in [1.82, 2.24) is 14.7 Å². The predicted octanol–water partition coefficient (Wildman–Crippen LogP) is 1.23. The first-order chi connectivity index (χ1) is 10.1. The number of piperazine rings is 1. The Morgan fingerprint density at radius 2 is 1.86 bits per heavy atom. The van der Waals surface area contributed by atoms with Crippen LogP contribution in [0.5, 0.6) is 0 Å². The summed E-state index contributed by atoms with van der Waals surface area (Å²) in [6, 6.07) is 7.59. The number of hydrogen-bond donors (Lipinski definition) is 1. The lowest BCUT2D eigenvalue weighted by Crippen LogP contribution is -2.51. The average molecular weight is 288 g/mol. The van der Waals surface area contributed by atoms with Crippen molar-refractivity contribution >= 4 is 0 Å². The molecule has 2 heterocycles. The van der Waals surface area contributed by atoms with E-state index in [1.165, 1.54) is 29.8 Å². The third-order valence-electron chi connectivity index (χ3n) is 5.24. The molecule has 1 saturated heterocycles. The van der Waals surface area contributed by atoms with Crippen LogP contribution >= 0.6 is 0 Å². The van der Waals surface area contributed by atoms with E-state index in [9.17, 15) is 0 Å². The molecule has 4 nitrogen and oxygen atoms in total. The van der Waals surface area contributed by atoms with Crippen LogP contribution < -0.4 is 5.73 Å². The number of hydrogen-bond acceptors (Lipinski definition) is 4. The highest BCUT2D eigenvalue weighted by Crippen LogP contribution is 2.38. The molecule has 2 unspecified atom stereocenters. The van der Waals surface area contributed by atoms with Gasteiger partial charge in [-0.1, -0.05) is 18.2 Å². The lowest BCUT2D eigenvalue weighted by molar-refractivity contribution is 0.0697. The highest BCUT2D eigenvalue weighted by Gasteiger charge is 2.35. The van der Waals surface area contributed by atoms with Gasteiger partial charge in [0.15, 0.2) is 0 Å². The molecule has 0 aliphatic carbocycles. The van der Waals surface area contributed by atoms with Gasteiger partial charge in [0.1, 0.15) is 0 Å². The standard InChI is InChI=1S/C17H28N4/c1-13-5-4-6-14-15(11-18)20(3)12-16(17(13)14)21-9-7-19(2)8-10-21/h4-6,15-16H,7-12,18H2,1-3H3. The molecular weight excluding hydrogens is 260 g/mol. The summed E-state index contributed by atoms with van der Waals surface area (Å²) in [5.74, 6) is 0. The van der Waals surface area contributed by atoms with Crippen LogP contribution in [0.2, 0.25) is 0 Å². The molecule has 21 heavy (non-hydrogen) atoms. The predicted molar refractivity (Wildman–Crippen MR) is 87.4 cm³/mol. The van der Waals surface area contributed by atoms with Crippen molar-refractivity contribution in [3.8, 4) is 0 Å². The average Bonchev–Trinajstić information content (AvgIpc) is 2.47. The second-order valence-corrected chi connectivity index (χ2v) is 6.62. The fourth-order valence-corrected chi connectivity index (χ4v) is 3.92. The topological polar surface area (TPSA) is 35.7 Å². The van der Waals surface area contributed by atoms with Crippen LogP contribution in [0.15, 0.2) is 18.2 Å². The molecular formula is C17H28N4. The maximum Gasteiger partial charge on any atom is 0.0482 e. The number of benzene rings is 1. The molecule has 2 aliphatic rings. The minimum atomic E-state index is 0.364. The molecule has 2 atom stereocenters. The molecule has 0 spiro atoms. The first-order valence-corrected chi connectivity index (χ1v) is 8.04. The number of fused-ring (bicyclic) bond motifs is 1. The summed E-state index contributed by atoms with van der Waals surface area (Å²) >= 11 is 0. The van der Waals surface area contributed by atoms with Crippen LogP contribution in [0.25, 0.3) is 0 Å². The number of nitrogens with two attached hydrogens (primary N) is 1. The van der Waals surface area contributed by atoms with Crippen molar-refractivity contribution in [2.45, 2.75) is 19.0 Å². The van der Waals surface area contributed by atoms with E-state index in [0.717, 1.165) is 19.6 Å². The van der Waals surface area contributed by atoms with Crippen molar-refractivity contribution in [3.63, 3.8) is 0 Å². The second kappa shape index (κ2) is 6.05. The van der Waals surface area contributed by atoms with E-state index >= 15 is 0 Å². The van der Waals surface area contributed by atoms with E-state index in [4.69, 9.17) is 5.73 Å². The largest absolute Gasteiger partial charge is 0.329 e. The van der Waals surface area contributed by atoms with Gasteiger partial charge in [-0.3, -0.25) is 9.80 Å². The molecule has 0 amide bonds. The van der Waals surface area contributed by atoms with Crippen LogP contribution in [0, 0.1) is 6.92 Å². The minimum Gasteiger partial charge on any atom is -0.329 e. The molecule has 2 N–H and O–H groups in total. The van der Waals surface area contributed by atoms with Gasteiger partial charge in [0.25, 0.3) is 0 Å². The number of aryl methyl sites for hydroxylation is 1. The highest BCUT2D eigenvalue weighted by molar-refractivity contribution is 5.41. The van der Waals surface area contributed by atoms with Crippen LogP contribution in [0.4, 0.5) is 0 Å². The maximum atomic E-state index is 6.04. The van der Waals surface area contributed by atoms with Gasteiger partial charge in [-0.25, -0.2) is 0 Å². The van der Waals surface area contributed by atoms with E-state index in [-0.39, 0.29) is 0 Å². The molecule has 0 saturated carbocycles. The Morgan fingerprint density at radius 1 is 1.14 bits per heavy atom. The Morgan fingerprint density at radius 3 is 2.52 bits per heavy atom. The molecule has 1 fully saturated rings. The van der Waals surface area contributed by atoms with Crippen molar-refractivity contribution < 1.29 is 0 Å². The van der Waals surface area contributed by atoms with Gasteiger partial charge in [-0.2, -0.15) is 0 Å². The molecule has 0 aromatic heterocycles. The molecule has 4 heteroatoms. The van der Waals surface area contributed by atoms with Gasteiger partial charge in [0, 0.05) is 51.4 Å². The summed E-state index contributed by atoms with van der Waals surface area (Å²) in [6.45, 7) is 8.70. The summed E-state index contributed by atoms with van der Waals surface area (Å²) < 4.78 is 0. The quantitative estimate of drug-likeness (QED) is 0.888.